The number of fused-ring (bicyclic) bond motifs is 1. The Labute approximate surface area is 106 Å². The molecule has 1 N–H and O–H groups in total. The van der Waals surface area contributed by atoms with Gasteiger partial charge in [0.05, 0.1) is 29.1 Å². The Morgan fingerprint density at radius 2 is 2.06 bits per heavy atom. The van der Waals surface area contributed by atoms with E-state index < -0.39 is 0 Å². The Balaban J connectivity index is 2.20. The van der Waals surface area contributed by atoms with Crippen molar-refractivity contribution in [1.29, 1.82) is 0 Å². The Bertz CT molecular complexity index is 690. The minimum atomic E-state index is 0.839. The number of halogens is 1. The molecule has 0 radical (unpaired) electrons. The van der Waals surface area contributed by atoms with E-state index in [0.717, 1.165) is 32.5 Å². The summed E-state index contributed by atoms with van der Waals surface area (Å²) in [6.45, 7) is 1.97. The van der Waals surface area contributed by atoms with Crippen LogP contribution >= 0.6 is 15.9 Å². The van der Waals surface area contributed by atoms with Gasteiger partial charge in [0.1, 0.15) is 0 Å². The molecule has 0 aliphatic rings. The fraction of sp³-hybridized carbons (Fsp3) is 0.0833. The van der Waals surface area contributed by atoms with Crippen LogP contribution in [0.5, 0.6) is 0 Å². The molecule has 0 amide bonds. The van der Waals surface area contributed by atoms with Crippen LogP contribution in [0.15, 0.2) is 35.1 Å². The Morgan fingerprint density at radius 1 is 1.18 bits per heavy atom. The van der Waals surface area contributed by atoms with E-state index in [1.54, 1.807) is 12.4 Å². The summed E-state index contributed by atoms with van der Waals surface area (Å²) in [6, 6.07) is 5.86. The maximum Gasteiger partial charge on any atom is 0.0927 e. The van der Waals surface area contributed by atoms with Gasteiger partial charge in [0.15, 0.2) is 0 Å². The molecule has 2 aromatic heterocycles. The number of nitrogens with zero attached hydrogens (tertiary/aromatic N) is 3. The predicted molar refractivity (Wildman–Crippen MR) is 69.6 cm³/mol. The summed E-state index contributed by atoms with van der Waals surface area (Å²) in [7, 11) is 0. The number of hydrogen-bond acceptors (Lipinski definition) is 3. The second-order valence-corrected chi connectivity index (χ2v) is 4.71. The SMILES string of the molecule is Cc1[nH]ncc1-c1cnc2cc(Br)ccc2n1. The summed E-state index contributed by atoms with van der Waals surface area (Å²) in [5.41, 5.74) is 4.58. The molecule has 0 aliphatic heterocycles. The van der Waals surface area contributed by atoms with Crippen LogP contribution in [0, 0.1) is 6.92 Å². The number of aromatic nitrogens is 4. The second-order valence-electron chi connectivity index (χ2n) is 3.80. The lowest BCUT2D eigenvalue weighted by atomic mass is 10.2. The van der Waals surface area contributed by atoms with Crippen molar-refractivity contribution in [1.82, 2.24) is 20.2 Å². The normalized spacial score (nSPS) is 10.9. The molecule has 1 aromatic carbocycles. The first kappa shape index (κ1) is 10.4. The topological polar surface area (TPSA) is 54.5 Å². The van der Waals surface area contributed by atoms with Crippen LogP contribution in [0.4, 0.5) is 0 Å². The van der Waals surface area contributed by atoms with Gasteiger partial charge in [-0.2, -0.15) is 5.10 Å². The number of aromatic amines is 1. The lowest BCUT2D eigenvalue weighted by molar-refractivity contribution is 1.05. The largest absolute Gasteiger partial charge is 0.282 e. The molecule has 0 saturated heterocycles. The summed E-state index contributed by atoms with van der Waals surface area (Å²) in [5, 5.41) is 6.89. The average Bonchev–Trinajstić information content (AvgIpc) is 2.75. The molecule has 17 heavy (non-hydrogen) atoms. The van der Waals surface area contributed by atoms with Gasteiger partial charge in [-0.15, -0.1) is 0 Å². The molecule has 3 aromatic rings. The highest BCUT2D eigenvalue weighted by atomic mass is 79.9. The lowest BCUT2D eigenvalue weighted by Crippen LogP contribution is -1.89. The fourth-order valence-corrected chi connectivity index (χ4v) is 2.07. The first-order valence-corrected chi connectivity index (χ1v) is 5.96. The van der Waals surface area contributed by atoms with Crippen LogP contribution in [0.1, 0.15) is 5.69 Å². The summed E-state index contributed by atoms with van der Waals surface area (Å²) in [5.74, 6) is 0. The number of rotatable bonds is 1. The maximum absolute atomic E-state index is 4.58. The minimum absolute atomic E-state index is 0.839. The second kappa shape index (κ2) is 3.92. The summed E-state index contributed by atoms with van der Waals surface area (Å²) in [4.78, 5) is 8.98. The zero-order chi connectivity index (χ0) is 11.8. The molecule has 0 spiro atoms. The lowest BCUT2D eigenvalue weighted by Gasteiger charge is -2.01. The number of H-pyrrole nitrogens is 1. The molecular formula is C12H9BrN4. The van der Waals surface area contributed by atoms with Gasteiger partial charge in [-0.3, -0.25) is 10.1 Å². The third kappa shape index (κ3) is 1.82. The quantitative estimate of drug-likeness (QED) is 0.749. The van der Waals surface area contributed by atoms with E-state index in [1.165, 1.54) is 0 Å². The minimum Gasteiger partial charge on any atom is -0.282 e. The van der Waals surface area contributed by atoms with Gasteiger partial charge in [0.25, 0.3) is 0 Å². The molecule has 0 saturated carbocycles. The molecule has 0 fully saturated rings. The first-order chi connectivity index (χ1) is 8.24. The number of aryl methyl sites for hydroxylation is 1. The molecule has 4 nitrogen and oxygen atoms in total. The van der Waals surface area contributed by atoms with Crippen LogP contribution in [0.3, 0.4) is 0 Å². The highest BCUT2D eigenvalue weighted by molar-refractivity contribution is 9.10. The van der Waals surface area contributed by atoms with E-state index in [9.17, 15) is 0 Å². The van der Waals surface area contributed by atoms with E-state index in [2.05, 4.69) is 36.1 Å². The zero-order valence-electron chi connectivity index (χ0n) is 9.11. The highest BCUT2D eigenvalue weighted by Gasteiger charge is 2.07. The molecule has 0 atom stereocenters. The molecule has 0 bridgehead atoms. The van der Waals surface area contributed by atoms with Crippen LogP contribution in [-0.2, 0) is 0 Å². The maximum atomic E-state index is 4.58. The van der Waals surface area contributed by atoms with Gasteiger partial charge in [0, 0.05) is 15.7 Å². The molecule has 3 rings (SSSR count). The van der Waals surface area contributed by atoms with Crippen molar-refractivity contribution >= 4 is 27.0 Å². The molecule has 2 heterocycles. The van der Waals surface area contributed by atoms with E-state index in [4.69, 9.17) is 0 Å². The van der Waals surface area contributed by atoms with Crippen LogP contribution in [-0.4, -0.2) is 20.2 Å². The van der Waals surface area contributed by atoms with Crippen LogP contribution in [0.2, 0.25) is 0 Å². The van der Waals surface area contributed by atoms with Crippen LogP contribution in [0.25, 0.3) is 22.3 Å². The summed E-state index contributed by atoms with van der Waals surface area (Å²) >= 11 is 3.42. The molecular weight excluding hydrogens is 280 g/mol. The van der Waals surface area contributed by atoms with Gasteiger partial charge < -0.3 is 0 Å². The standard InChI is InChI=1S/C12H9BrN4/c1-7-9(5-15-17-7)12-6-14-11-4-8(13)2-3-10(11)16-12/h2-6H,1H3,(H,15,17). The van der Waals surface area contributed by atoms with E-state index >= 15 is 0 Å². The number of nitrogens with one attached hydrogen (secondary N) is 1. The van der Waals surface area contributed by atoms with Crippen molar-refractivity contribution in [2.45, 2.75) is 6.92 Å². The van der Waals surface area contributed by atoms with Crippen molar-refractivity contribution in [3.05, 3.63) is 40.8 Å². The molecule has 0 aliphatic carbocycles. The Hall–Kier alpha value is -1.75. The summed E-state index contributed by atoms with van der Waals surface area (Å²) in [6.07, 6.45) is 3.54. The van der Waals surface area contributed by atoms with Gasteiger partial charge >= 0.3 is 0 Å². The monoisotopic (exact) mass is 288 g/mol. The van der Waals surface area contributed by atoms with Crippen molar-refractivity contribution in [3.63, 3.8) is 0 Å². The molecule has 5 heteroatoms. The predicted octanol–water partition coefficient (Wildman–Crippen LogP) is 3.09. The van der Waals surface area contributed by atoms with E-state index in [0.29, 0.717) is 0 Å². The van der Waals surface area contributed by atoms with Gasteiger partial charge in [0.2, 0.25) is 0 Å². The molecule has 0 unspecified atom stereocenters. The van der Waals surface area contributed by atoms with Gasteiger partial charge in [-0.25, -0.2) is 4.98 Å². The van der Waals surface area contributed by atoms with Crippen molar-refractivity contribution < 1.29 is 0 Å². The van der Waals surface area contributed by atoms with Crippen molar-refractivity contribution in [2.75, 3.05) is 0 Å². The summed E-state index contributed by atoms with van der Waals surface area (Å²) < 4.78 is 1.01. The van der Waals surface area contributed by atoms with Crippen molar-refractivity contribution in [3.8, 4) is 11.3 Å². The Kier molecular flexibility index (Phi) is 2.40. The molecule has 84 valence electrons. The fourth-order valence-electron chi connectivity index (χ4n) is 1.72. The number of benzene rings is 1. The first-order valence-electron chi connectivity index (χ1n) is 5.17. The average molecular weight is 289 g/mol. The van der Waals surface area contributed by atoms with Crippen molar-refractivity contribution in [2.24, 2.45) is 0 Å². The highest BCUT2D eigenvalue weighted by Crippen LogP contribution is 2.22. The third-order valence-corrected chi connectivity index (χ3v) is 3.10. The number of hydrogen-bond donors (Lipinski definition) is 1. The van der Waals surface area contributed by atoms with E-state index in [1.807, 2.05) is 25.1 Å². The van der Waals surface area contributed by atoms with Gasteiger partial charge in [-0.05, 0) is 25.1 Å². The third-order valence-electron chi connectivity index (χ3n) is 2.61. The van der Waals surface area contributed by atoms with E-state index in [-0.39, 0.29) is 0 Å². The Morgan fingerprint density at radius 3 is 2.82 bits per heavy atom. The zero-order valence-corrected chi connectivity index (χ0v) is 10.7. The van der Waals surface area contributed by atoms with Gasteiger partial charge in [-0.1, -0.05) is 15.9 Å². The smallest absolute Gasteiger partial charge is 0.0927 e. The van der Waals surface area contributed by atoms with Crippen LogP contribution < -0.4 is 0 Å².